The van der Waals surface area contributed by atoms with Gasteiger partial charge in [0.1, 0.15) is 24.2 Å². The van der Waals surface area contributed by atoms with Crippen molar-refractivity contribution in [1.29, 1.82) is 5.26 Å². The van der Waals surface area contributed by atoms with Crippen LogP contribution in [0.5, 0.6) is 5.75 Å². The van der Waals surface area contributed by atoms with Gasteiger partial charge in [0.05, 0.1) is 29.3 Å². The topological polar surface area (TPSA) is 98.0 Å². The summed E-state index contributed by atoms with van der Waals surface area (Å²) in [5, 5.41) is 12.9. The molecule has 8 nitrogen and oxygen atoms in total. The fraction of sp³-hybridized carbons (Fsp3) is 0.267. The lowest BCUT2D eigenvalue weighted by molar-refractivity contribution is -0.123. The van der Waals surface area contributed by atoms with Crippen LogP contribution in [0.3, 0.4) is 0 Å². The van der Waals surface area contributed by atoms with Gasteiger partial charge in [-0.2, -0.15) is 5.26 Å². The van der Waals surface area contributed by atoms with E-state index >= 15 is 0 Å². The zero-order valence-electron chi connectivity index (χ0n) is 22.0. The largest absolute Gasteiger partial charge is 0.490 e. The van der Waals surface area contributed by atoms with Crippen LogP contribution in [0.4, 0.5) is 4.79 Å². The van der Waals surface area contributed by atoms with E-state index in [1.165, 1.54) is 4.90 Å². The van der Waals surface area contributed by atoms with Gasteiger partial charge in [0.2, 0.25) is 5.91 Å². The van der Waals surface area contributed by atoms with E-state index in [9.17, 15) is 14.9 Å². The Balaban J connectivity index is 1.71. The number of benzene rings is 3. The maximum absolute atomic E-state index is 14.3. The summed E-state index contributed by atoms with van der Waals surface area (Å²) in [6.45, 7) is 4.48. The molecule has 3 amide bonds. The second kappa shape index (κ2) is 11.7. The van der Waals surface area contributed by atoms with Crippen LogP contribution in [-0.4, -0.2) is 53.3 Å². The Bertz CT molecular complexity index is 1500. The first-order valence-electron chi connectivity index (χ1n) is 12.9. The number of carbonyl (C=O) groups excluding carboxylic acids is 2. The van der Waals surface area contributed by atoms with E-state index in [1.807, 2.05) is 50.2 Å². The van der Waals surface area contributed by atoms with Crippen molar-refractivity contribution in [2.45, 2.75) is 32.0 Å². The van der Waals surface area contributed by atoms with Crippen molar-refractivity contribution in [2.75, 3.05) is 19.6 Å². The zero-order chi connectivity index (χ0) is 28.4. The number of nitriles is 1. The number of urea groups is 1. The molecule has 2 heterocycles. The molecule has 3 aromatic carbocycles. The first-order valence-corrected chi connectivity index (χ1v) is 14.1. The van der Waals surface area contributed by atoms with Crippen molar-refractivity contribution >= 4 is 45.3 Å². The molecule has 0 aromatic heterocycles. The van der Waals surface area contributed by atoms with E-state index in [-0.39, 0.29) is 24.6 Å². The molecule has 3 aromatic rings. The standard InChI is InChI=1S/C30H27BrClN5O3/c1-18(2)40-25-15-19(16-33)3-12-24(25)29-35-27(20-6-10-23(32)11-7-20)28(21-4-8-22(31)9-5-21)37(29)30(39)36-14-13-34-26(38)17-36/h3-12,15,18,27-28H,13-14,17H2,1-2H3,(H,34,38)/t27-,28+/m0/s1. The van der Waals surface area contributed by atoms with E-state index in [4.69, 9.17) is 21.3 Å². The SMILES string of the molecule is CC(C)Oc1cc(C#N)ccc1C1=N[C@@H](c2ccc(Cl)cc2)[C@@H](c2ccc(Br)cc2)N1C(=O)N1CCNC(=O)C1. The monoisotopic (exact) mass is 619 g/mol. The summed E-state index contributed by atoms with van der Waals surface area (Å²) in [6.07, 6.45) is -0.182. The minimum absolute atomic E-state index is 0.0516. The number of nitrogens with zero attached hydrogens (tertiary/aromatic N) is 4. The smallest absolute Gasteiger partial charge is 0.326 e. The molecule has 0 spiro atoms. The van der Waals surface area contributed by atoms with Gasteiger partial charge in [-0.3, -0.25) is 14.7 Å². The number of rotatable bonds is 5. The molecule has 2 atom stereocenters. The lowest BCUT2D eigenvalue weighted by atomic mass is 9.93. The number of carbonyl (C=O) groups is 2. The van der Waals surface area contributed by atoms with Crippen molar-refractivity contribution in [3.05, 3.63) is 98.5 Å². The van der Waals surface area contributed by atoms with E-state index in [0.29, 0.717) is 40.8 Å². The first kappa shape index (κ1) is 27.7. The highest BCUT2D eigenvalue weighted by Gasteiger charge is 2.45. The van der Waals surface area contributed by atoms with Crippen LogP contribution in [0.1, 0.15) is 48.2 Å². The number of amidine groups is 1. The van der Waals surface area contributed by atoms with Crippen LogP contribution in [0, 0.1) is 11.3 Å². The van der Waals surface area contributed by atoms with Gasteiger partial charge in [-0.05, 0) is 67.4 Å². The average molecular weight is 621 g/mol. The Hall–Kier alpha value is -3.87. The highest BCUT2D eigenvalue weighted by atomic mass is 79.9. The molecular weight excluding hydrogens is 594 g/mol. The van der Waals surface area contributed by atoms with E-state index < -0.39 is 12.1 Å². The highest BCUT2D eigenvalue weighted by molar-refractivity contribution is 9.10. The summed E-state index contributed by atoms with van der Waals surface area (Å²) in [7, 11) is 0. The molecule has 0 bridgehead atoms. The van der Waals surface area contributed by atoms with Gasteiger partial charge in [0, 0.05) is 22.6 Å². The third-order valence-corrected chi connectivity index (χ3v) is 7.50. The number of aliphatic imine (C=N–C) groups is 1. The Morgan fingerprint density at radius 2 is 1.82 bits per heavy atom. The molecule has 0 radical (unpaired) electrons. The minimum Gasteiger partial charge on any atom is -0.490 e. The van der Waals surface area contributed by atoms with E-state index in [0.717, 1.165) is 15.6 Å². The summed E-state index contributed by atoms with van der Waals surface area (Å²) >= 11 is 9.72. The predicted octanol–water partition coefficient (Wildman–Crippen LogP) is 5.86. The van der Waals surface area contributed by atoms with Gasteiger partial charge in [-0.25, -0.2) is 4.79 Å². The molecule has 2 aliphatic heterocycles. The third kappa shape index (κ3) is 5.69. The number of ether oxygens (including phenoxy) is 1. The summed E-state index contributed by atoms with van der Waals surface area (Å²) in [4.78, 5) is 35.0. The van der Waals surface area contributed by atoms with Crippen molar-refractivity contribution in [3.8, 4) is 11.8 Å². The molecule has 0 unspecified atom stereocenters. The van der Waals surface area contributed by atoms with Crippen LogP contribution in [0.25, 0.3) is 0 Å². The van der Waals surface area contributed by atoms with Crippen molar-refractivity contribution < 1.29 is 14.3 Å². The summed E-state index contributed by atoms with van der Waals surface area (Å²) < 4.78 is 7.04. The maximum Gasteiger partial charge on any atom is 0.326 e. The summed E-state index contributed by atoms with van der Waals surface area (Å²) in [5.74, 6) is 0.645. The molecule has 1 N–H and O–H groups in total. The lowest BCUT2D eigenvalue weighted by Gasteiger charge is -2.36. The van der Waals surface area contributed by atoms with Gasteiger partial charge in [0.25, 0.3) is 0 Å². The molecule has 2 aliphatic rings. The highest BCUT2D eigenvalue weighted by Crippen LogP contribution is 2.45. The first-order chi connectivity index (χ1) is 19.2. The number of nitrogens with one attached hydrogen (secondary N) is 1. The Kier molecular flexibility index (Phi) is 8.10. The maximum atomic E-state index is 14.3. The molecule has 0 saturated carbocycles. The van der Waals surface area contributed by atoms with Crippen LogP contribution in [0.2, 0.25) is 5.02 Å². The third-order valence-electron chi connectivity index (χ3n) is 6.72. The molecule has 5 rings (SSSR count). The Morgan fingerprint density at radius 3 is 2.48 bits per heavy atom. The molecule has 10 heteroatoms. The molecular formula is C30H27BrClN5O3. The van der Waals surface area contributed by atoms with Gasteiger partial charge >= 0.3 is 6.03 Å². The molecule has 0 aliphatic carbocycles. The van der Waals surface area contributed by atoms with E-state index in [2.05, 4.69) is 27.3 Å². The second-order valence-corrected chi connectivity index (χ2v) is 11.2. The number of amides is 3. The van der Waals surface area contributed by atoms with Crippen molar-refractivity contribution in [3.63, 3.8) is 0 Å². The normalized spacial score (nSPS) is 18.8. The number of hydrogen-bond donors (Lipinski definition) is 1. The van der Waals surface area contributed by atoms with Gasteiger partial charge < -0.3 is 15.0 Å². The van der Waals surface area contributed by atoms with Crippen molar-refractivity contribution in [2.24, 2.45) is 4.99 Å². The van der Waals surface area contributed by atoms with E-state index in [1.54, 1.807) is 35.2 Å². The van der Waals surface area contributed by atoms with Crippen LogP contribution >= 0.6 is 27.5 Å². The number of piperazine rings is 1. The minimum atomic E-state index is -0.524. The fourth-order valence-corrected chi connectivity index (χ4v) is 5.33. The quantitative estimate of drug-likeness (QED) is 0.387. The number of hydrogen-bond acceptors (Lipinski definition) is 5. The molecule has 40 heavy (non-hydrogen) atoms. The van der Waals surface area contributed by atoms with Crippen LogP contribution in [0.15, 0.2) is 76.2 Å². The number of halogens is 2. The average Bonchev–Trinajstić information content (AvgIpc) is 3.33. The van der Waals surface area contributed by atoms with Crippen molar-refractivity contribution in [1.82, 2.24) is 15.1 Å². The Morgan fingerprint density at radius 1 is 1.12 bits per heavy atom. The van der Waals surface area contributed by atoms with Gasteiger partial charge in [0.15, 0.2) is 0 Å². The Labute approximate surface area is 246 Å². The fourth-order valence-electron chi connectivity index (χ4n) is 4.94. The second-order valence-electron chi connectivity index (χ2n) is 9.86. The summed E-state index contributed by atoms with van der Waals surface area (Å²) in [6, 6.07) is 21.2. The van der Waals surface area contributed by atoms with Gasteiger partial charge in [-0.15, -0.1) is 0 Å². The van der Waals surface area contributed by atoms with Gasteiger partial charge in [-0.1, -0.05) is 51.8 Å². The molecule has 1 saturated heterocycles. The molecule has 204 valence electrons. The molecule has 1 fully saturated rings. The predicted molar refractivity (Wildman–Crippen MR) is 156 cm³/mol. The van der Waals surface area contributed by atoms with Crippen LogP contribution in [-0.2, 0) is 4.79 Å². The summed E-state index contributed by atoms with van der Waals surface area (Å²) in [5.41, 5.74) is 2.77. The zero-order valence-corrected chi connectivity index (χ0v) is 24.3. The van der Waals surface area contributed by atoms with Crippen LogP contribution < -0.4 is 10.1 Å². The lowest BCUT2D eigenvalue weighted by Crippen LogP contribution is -2.55.